The van der Waals surface area contributed by atoms with Gasteiger partial charge in [0.1, 0.15) is 23.4 Å². The van der Waals surface area contributed by atoms with Crippen LogP contribution in [0.25, 0.3) is 0 Å². The molecule has 3 aliphatic carbocycles. The van der Waals surface area contributed by atoms with E-state index in [4.69, 9.17) is 9.47 Å². The number of fused-ring (bicyclic) bond motifs is 5. The molecule has 4 aliphatic rings. The smallest absolute Gasteiger partial charge is 0.338 e. The summed E-state index contributed by atoms with van der Waals surface area (Å²) in [6.45, 7) is 6.34. The minimum atomic E-state index is -1.98. The monoisotopic (exact) mass is 731 g/mol. The van der Waals surface area contributed by atoms with Crippen molar-refractivity contribution in [3.05, 3.63) is 47.0 Å². The molecule has 2 saturated carbocycles. The van der Waals surface area contributed by atoms with Gasteiger partial charge in [0.05, 0.1) is 36.6 Å². The Morgan fingerprint density at radius 1 is 1.05 bits per heavy atom. The minimum absolute atomic E-state index is 0. The fourth-order valence-electron chi connectivity index (χ4n) is 7.49. The van der Waals surface area contributed by atoms with E-state index in [1.54, 1.807) is 51.1 Å². The number of carbonyl (C=O) groups excluding carboxylic acids is 1. The second-order valence-electron chi connectivity index (χ2n) is 11.8. The van der Waals surface area contributed by atoms with Crippen LogP contribution in [-0.4, -0.2) is 91.0 Å². The van der Waals surface area contributed by atoms with E-state index in [1.165, 1.54) is 6.92 Å². The predicted molar refractivity (Wildman–Crippen MR) is 127 cm³/mol. The number of aliphatic hydroxyl groups excluding tert-OH is 4. The van der Waals surface area contributed by atoms with E-state index >= 15 is 0 Å². The largest absolute Gasteiger partial charge is 0.455 e. The van der Waals surface area contributed by atoms with Gasteiger partial charge in [-0.3, -0.25) is 0 Å². The topological polar surface area (TPSA) is 157 Å². The molecule has 37 heavy (non-hydrogen) atoms. The number of carbonyl (C=O) groups is 1. The molecule has 9 nitrogen and oxygen atoms in total. The van der Waals surface area contributed by atoms with Gasteiger partial charge in [-0.1, -0.05) is 39.0 Å². The van der Waals surface area contributed by atoms with Crippen LogP contribution in [0.1, 0.15) is 50.9 Å². The maximum Gasteiger partial charge on any atom is 0.338 e. The van der Waals surface area contributed by atoms with Gasteiger partial charge in [0.15, 0.2) is 0 Å². The van der Waals surface area contributed by atoms with Crippen LogP contribution in [0.15, 0.2) is 41.5 Å². The normalized spacial score (nSPS) is 46.3. The average molecular weight is 732 g/mol. The summed E-state index contributed by atoms with van der Waals surface area (Å²) in [5, 5.41) is 69.8. The van der Waals surface area contributed by atoms with Gasteiger partial charge in [0.25, 0.3) is 0 Å². The molecule has 1 saturated heterocycles. The molecule has 6 N–H and O–H groups in total. The molecule has 10 heteroatoms. The summed E-state index contributed by atoms with van der Waals surface area (Å²) >= 11 is 0. The number of benzene rings is 1. The first-order valence-electron chi connectivity index (χ1n) is 12.5. The molecule has 201 valence electrons. The van der Waals surface area contributed by atoms with Gasteiger partial charge in [-0.2, -0.15) is 0 Å². The summed E-state index contributed by atoms with van der Waals surface area (Å²) in [6.07, 6.45) is -8.16. The summed E-state index contributed by atoms with van der Waals surface area (Å²) in [4.78, 5) is 13.4. The molecule has 1 radical (unpaired) electrons. The molecule has 1 aliphatic heterocycles. The van der Waals surface area contributed by atoms with Crippen LogP contribution in [0.3, 0.4) is 0 Å². The van der Waals surface area contributed by atoms with E-state index < -0.39 is 70.5 Å². The number of esters is 1. The van der Waals surface area contributed by atoms with Gasteiger partial charge in [-0.15, -0.1) is 0 Å². The Labute approximate surface area is 252 Å². The predicted octanol–water partition coefficient (Wildman–Crippen LogP) is 0.303. The molecule has 0 spiro atoms. The number of rotatable bonds is 2. The standard InChI is InChI=1S/C27H36O9.Ac/c1-13-15(28)11-27(34)22(36-23(32)14-8-6-5-7-9-14)20-25(4,16(29)10-17-26(20,33)12-35-17)21(31)19(30)18(13)24(27,2)3;/h5-9,15-17,19-22,28-31,33-34H,10-12H2,1-4H3;. The number of ether oxygens (including phenoxy) is 2. The van der Waals surface area contributed by atoms with Crippen molar-refractivity contribution in [3.63, 3.8) is 0 Å². The first-order chi connectivity index (χ1) is 16.7. The molecule has 10 unspecified atom stereocenters. The Morgan fingerprint density at radius 2 is 1.68 bits per heavy atom. The van der Waals surface area contributed by atoms with Gasteiger partial charge in [-0.05, 0) is 30.2 Å². The third-order valence-corrected chi connectivity index (χ3v) is 9.87. The van der Waals surface area contributed by atoms with Crippen LogP contribution in [0.4, 0.5) is 0 Å². The molecule has 1 aromatic rings. The molecule has 5 rings (SSSR count). The van der Waals surface area contributed by atoms with Crippen molar-refractivity contribution in [2.75, 3.05) is 6.61 Å². The summed E-state index contributed by atoms with van der Waals surface area (Å²) in [5.41, 5.74) is -5.70. The number of aliphatic hydroxyl groups is 6. The van der Waals surface area contributed by atoms with Crippen molar-refractivity contribution in [1.82, 2.24) is 0 Å². The third kappa shape index (κ3) is 3.89. The van der Waals surface area contributed by atoms with Gasteiger partial charge >= 0.3 is 5.97 Å². The Hall–Kier alpha value is -0.408. The average Bonchev–Trinajstić information content (AvgIpc) is 2.83. The Balaban J connectivity index is 0.00000320. The van der Waals surface area contributed by atoms with Crippen LogP contribution in [-0.2, 0) is 9.47 Å². The molecule has 0 amide bonds. The van der Waals surface area contributed by atoms with Crippen molar-refractivity contribution < 1.29 is 89.0 Å². The first kappa shape index (κ1) is 29.6. The van der Waals surface area contributed by atoms with Crippen molar-refractivity contribution in [1.29, 1.82) is 0 Å². The van der Waals surface area contributed by atoms with Gasteiger partial charge in [0.2, 0.25) is 0 Å². The van der Waals surface area contributed by atoms with Gasteiger partial charge in [-0.25, -0.2) is 4.79 Å². The zero-order valence-electron chi connectivity index (χ0n) is 21.5. The van der Waals surface area contributed by atoms with E-state index in [1.807, 2.05) is 0 Å². The zero-order valence-corrected chi connectivity index (χ0v) is 26.3. The second kappa shape index (κ2) is 9.60. The fourth-order valence-corrected chi connectivity index (χ4v) is 7.49. The maximum atomic E-state index is 13.4. The van der Waals surface area contributed by atoms with E-state index in [0.717, 1.165) is 0 Å². The molecular formula is C27H36AcO9. The Kier molecular flexibility index (Phi) is 7.68. The van der Waals surface area contributed by atoms with Gasteiger partial charge < -0.3 is 40.1 Å². The maximum absolute atomic E-state index is 13.4. The summed E-state index contributed by atoms with van der Waals surface area (Å²) < 4.78 is 11.6. The van der Waals surface area contributed by atoms with E-state index in [0.29, 0.717) is 5.57 Å². The third-order valence-electron chi connectivity index (χ3n) is 9.87. The van der Waals surface area contributed by atoms with Crippen molar-refractivity contribution >= 4 is 5.97 Å². The van der Waals surface area contributed by atoms with Crippen LogP contribution in [0, 0.1) is 60.8 Å². The summed E-state index contributed by atoms with van der Waals surface area (Å²) in [7, 11) is 0. The van der Waals surface area contributed by atoms with Crippen LogP contribution in [0.5, 0.6) is 0 Å². The zero-order chi connectivity index (χ0) is 26.4. The molecule has 3 fully saturated rings. The van der Waals surface area contributed by atoms with Crippen molar-refractivity contribution in [2.24, 2.45) is 16.7 Å². The Morgan fingerprint density at radius 3 is 2.24 bits per heavy atom. The fraction of sp³-hybridized carbons (Fsp3) is 0.667. The molecule has 0 aromatic heterocycles. The van der Waals surface area contributed by atoms with Gasteiger partial charge in [0, 0.05) is 73.7 Å². The molecule has 2 bridgehead atoms. The van der Waals surface area contributed by atoms with Crippen molar-refractivity contribution in [2.45, 2.75) is 88.4 Å². The Bertz CT molecular complexity index is 1090. The van der Waals surface area contributed by atoms with Crippen LogP contribution < -0.4 is 0 Å². The van der Waals surface area contributed by atoms with E-state index in [9.17, 15) is 35.4 Å². The molecular weight excluding hydrogens is 695 g/mol. The molecule has 1 aromatic carbocycles. The number of hydrogen-bond donors (Lipinski definition) is 6. The van der Waals surface area contributed by atoms with Crippen LogP contribution in [0.2, 0.25) is 0 Å². The second-order valence-corrected chi connectivity index (χ2v) is 11.8. The van der Waals surface area contributed by atoms with E-state index in [-0.39, 0.29) is 74.6 Å². The van der Waals surface area contributed by atoms with E-state index in [2.05, 4.69) is 0 Å². The summed E-state index contributed by atoms with van der Waals surface area (Å²) in [6, 6.07) is 8.19. The molecule has 1 heterocycles. The first-order valence-corrected chi connectivity index (χ1v) is 12.5. The molecule has 10 atom stereocenters. The van der Waals surface area contributed by atoms with Crippen molar-refractivity contribution in [3.8, 4) is 0 Å². The van der Waals surface area contributed by atoms with Crippen LogP contribution >= 0.6 is 0 Å². The summed E-state index contributed by atoms with van der Waals surface area (Å²) in [5.74, 6) is -1.99. The quantitative estimate of drug-likeness (QED) is 0.186. The minimum Gasteiger partial charge on any atom is -0.455 e. The number of hydrogen-bond acceptors (Lipinski definition) is 9. The SMILES string of the molecule is CC1=C2C(O)C(O)C3(C)C(O)CC4OCC4(O)C3C(OC(=O)c3ccccc3)C(O)(CC1O)C2(C)C.[Ac].